The normalized spacial score (nSPS) is 14.5. The van der Waals surface area contributed by atoms with Crippen LogP contribution in [-0.4, -0.2) is 54.3 Å². The molecule has 1 saturated heterocycles. The van der Waals surface area contributed by atoms with Crippen LogP contribution in [0.4, 0.5) is 11.5 Å². The average Bonchev–Trinajstić information content (AvgIpc) is 2.74. The summed E-state index contributed by atoms with van der Waals surface area (Å²) < 4.78 is 12.1. The van der Waals surface area contributed by atoms with Crippen LogP contribution in [0.15, 0.2) is 46.9 Å². The molecule has 1 aromatic carbocycles. The lowest BCUT2D eigenvalue weighted by Crippen LogP contribution is -2.38. The van der Waals surface area contributed by atoms with Gasteiger partial charge in [-0.1, -0.05) is 22.0 Å². The number of pyridine rings is 2. The summed E-state index contributed by atoms with van der Waals surface area (Å²) in [7, 11) is 0. The van der Waals surface area contributed by atoms with E-state index in [1.807, 2.05) is 36.4 Å². The van der Waals surface area contributed by atoms with Gasteiger partial charge in [-0.2, -0.15) is 5.26 Å². The van der Waals surface area contributed by atoms with Crippen molar-refractivity contribution in [1.29, 1.82) is 5.26 Å². The van der Waals surface area contributed by atoms with E-state index in [0.717, 1.165) is 43.0 Å². The summed E-state index contributed by atoms with van der Waals surface area (Å²) in [4.78, 5) is 11.4. The summed E-state index contributed by atoms with van der Waals surface area (Å²) in [5, 5.41) is 12.8. The van der Waals surface area contributed by atoms with Crippen molar-refractivity contribution in [3.8, 4) is 11.9 Å². The first-order chi connectivity index (χ1) is 14.2. The Morgan fingerprint density at radius 2 is 2.00 bits per heavy atom. The minimum Gasteiger partial charge on any atom is -0.476 e. The number of nitriles is 1. The van der Waals surface area contributed by atoms with Gasteiger partial charge in [-0.15, -0.1) is 0 Å². The predicted molar refractivity (Wildman–Crippen MR) is 114 cm³/mol. The zero-order chi connectivity index (χ0) is 20.1. The van der Waals surface area contributed by atoms with Crippen LogP contribution in [0.2, 0.25) is 0 Å². The van der Waals surface area contributed by atoms with Crippen LogP contribution in [0.1, 0.15) is 5.56 Å². The molecule has 0 saturated carbocycles. The number of morpholine rings is 1. The monoisotopic (exact) mass is 453 g/mol. The van der Waals surface area contributed by atoms with Gasteiger partial charge in [0, 0.05) is 35.9 Å². The fraction of sp³-hybridized carbons (Fsp3) is 0.286. The first-order valence-corrected chi connectivity index (χ1v) is 10.2. The molecule has 0 bridgehead atoms. The Morgan fingerprint density at radius 3 is 2.79 bits per heavy atom. The summed E-state index contributed by atoms with van der Waals surface area (Å²) in [5.41, 5.74) is 2.60. The Labute approximate surface area is 177 Å². The largest absolute Gasteiger partial charge is 0.476 e. The number of fused-ring (bicyclic) bond motifs is 1. The molecule has 1 aliphatic heterocycles. The first kappa shape index (κ1) is 19.6. The minimum absolute atomic E-state index is 0.426. The van der Waals surface area contributed by atoms with Crippen LogP contribution in [-0.2, 0) is 4.74 Å². The molecule has 1 N–H and O–H groups in total. The van der Waals surface area contributed by atoms with Crippen LogP contribution >= 0.6 is 15.9 Å². The molecule has 1 aliphatic rings. The molecule has 29 heavy (non-hydrogen) atoms. The highest BCUT2D eigenvalue weighted by Crippen LogP contribution is 2.25. The second kappa shape index (κ2) is 9.18. The fourth-order valence-electron chi connectivity index (χ4n) is 3.10. The molecule has 1 fully saturated rings. The highest BCUT2D eigenvalue weighted by atomic mass is 79.9. The maximum Gasteiger partial charge on any atom is 0.213 e. The topological polar surface area (TPSA) is 83.3 Å². The van der Waals surface area contributed by atoms with Crippen molar-refractivity contribution < 1.29 is 9.47 Å². The molecule has 3 heterocycles. The van der Waals surface area contributed by atoms with Gasteiger partial charge in [0.15, 0.2) is 0 Å². The van der Waals surface area contributed by atoms with Gasteiger partial charge in [0.1, 0.15) is 18.5 Å². The third kappa shape index (κ3) is 5.01. The molecule has 0 aliphatic carbocycles. The number of nitrogens with zero attached hydrogens (tertiary/aromatic N) is 4. The van der Waals surface area contributed by atoms with Crippen LogP contribution in [0.25, 0.3) is 11.0 Å². The lowest BCUT2D eigenvalue weighted by Gasteiger charge is -2.26. The Kier molecular flexibility index (Phi) is 6.20. The molecular weight excluding hydrogens is 434 g/mol. The van der Waals surface area contributed by atoms with Crippen LogP contribution in [0.3, 0.4) is 0 Å². The van der Waals surface area contributed by atoms with Crippen molar-refractivity contribution in [3.05, 3.63) is 52.5 Å². The summed E-state index contributed by atoms with van der Waals surface area (Å²) in [6.45, 7) is 4.79. The second-order valence-corrected chi connectivity index (χ2v) is 7.54. The van der Waals surface area contributed by atoms with Crippen LogP contribution in [0.5, 0.6) is 5.88 Å². The van der Waals surface area contributed by atoms with Crippen molar-refractivity contribution in [2.24, 2.45) is 0 Å². The number of hydrogen-bond acceptors (Lipinski definition) is 7. The molecule has 8 heteroatoms. The van der Waals surface area contributed by atoms with Gasteiger partial charge in [-0.25, -0.2) is 9.97 Å². The van der Waals surface area contributed by atoms with Gasteiger partial charge in [-0.05, 0) is 30.3 Å². The van der Waals surface area contributed by atoms with E-state index in [1.165, 1.54) is 0 Å². The number of nitrogens with one attached hydrogen (secondary N) is 1. The Hall–Kier alpha value is -2.73. The van der Waals surface area contributed by atoms with Crippen molar-refractivity contribution in [2.45, 2.75) is 0 Å². The fourth-order valence-corrected chi connectivity index (χ4v) is 3.50. The molecular formula is C21H20BrN5O2. The van der Waals surface area contributed by atoms with Crippen molar-refractivity contribution >= 4 is 38.5 Å². The summed E-state index contributed by atoms with van der Waals surface area (Å²) >= 11 is 3.45. The van der Waals surface area contributed by atoms with Crippen molar-refractivity contribution in [1.82, 2.24) is 14.9 Å². The van der Waals surface area contributed by atoms with E-state index in [9.17, 15) is 5.26 Å². The molecule has 148 valence electrons. The molecule has 0 unspecified atom stereocenters. The maximum atomic E-state index is 9.55. The smallest absolute Gasteiger partial charge is 0.213 e. The van der Waals surface area contributed by atoms with Gasteiger partial charge in [0.25, 0.3) is 0 Å². The third-order valence-corrected chi connectivity index (χ3v) is 5.11. The Morgan fingerprint density at radius 1 is 1.14 bits per heavy atom. The van der Waals surface area contributed by atoms with Gasteiger partial charge < -0.3 is 14.8 Å². The minimum atomic E-state index is 0.426. The molecule has 7 nitrogen and oxygen atoms in total. The summed E-state index contributed by atoms with van der Waals surface area (Å²) in [6.07, 6.45) is 0. The standard InChI is InChI=1S/C21H20BrN5O2/c22-16-2-1-3-17(13-16)24-21-15(14-23)12-19-18(26-21)4-5-20(25-19)29-11-8-27-6-9-28-10-7-27/h1-5,12-13H,6-11H2,(H,24,26). The van der Waals surface area contributed by atoms with Gasteiger partial charge in [0.2, 0.25) is 5.88 Å². The Balaban J connectivity index is 1.49. The molecule has 0 spiro atoms. The SMILES string of the molecule is N#Cc1cc2nc(OCCN3CCOCC3)ccc2nc1Nc1cccc(Br)c1. The first-order valence-electron chi connectivity index (χ1n) is 9.39. The highest BCUT2D eigenvalue weighted by Gasteiger charge is 2.12. The van der Waals surface area contributed by atoms with Gasteiger partial charge in [-0.3, -0.25) is 4.90 Å². The maximum absolute atomic E-state index is 9.55. The number of halogens is 1. The molecule has 3 aromatic rings. The van der Waals surface area contributed by atoms with E-state index in [0.29, 0.717) is 34.9 Å². The van der Waals surface area contributed by atoms with E-state index in [1.54, 1.807) is 6.07 Å². The zero-order valence-electron chi connectivity index (χ0n) is 15.8. The van der Waals surface area contributed by atoms with Crippen LogP contribution < -0.4 is 10.1 Å². The van der Waals surface area contributed by atoms with E-state index >= 15 is 0 Å². The van der Waals surface area contributed by atoms with Crippen molar-refractivity contribution in [3.63, 3.8) is 0 Å². The third-order valence-electron chi connectivity index (χ3n) is 4.61. The Bertz CT molecular complexity index is 1050. The van der Waals surface area contributed by atoms with Gasteiger partial charge in [0.05, 0.1) is 29.8 Å². The number of benzene rings is 1. The average molecular weight is 454 g/mol. The summed E-state index contributed by atoms with van der Waals surface area (Å²) in [5.74, 6) is 1.03. The number of ether oxygens (including phenoxy) is 2. The molecule has 2 aromatic heterocycles. The number of aromatic nitrogens is 2. The van der Waals surface area contributed by atoms with E-state index in [-0.39, 0.29) is 0 Å². The van der Waals surface area contributed by atoms with E-state index in [4.69, 9.17) is 9.47 Å². The number of anilines is 2. The van der Waals surface area contributed by atoms with E-state index in [2.05, 4.69) is 42.2 Å². The lowest BCUT2D eigenvalue weighted by atomic mass is 10.2. The lowest BCUT2D eigenvalue weighted by molar-refractivity contribution is 0.0320. The quantitative estimate of drug-likeness (QED) is 0.608. The summed E-state index contributed by atoms with van der Waals surface area (Å²) in [6, 6.07) is 15.3. The zero-order valence-corrected chi connectivity index (χ0v) is 17.4. The van der Waals surface area contributed by atoms with Gasteiger partial charge >= 0.3 is 0 Å². The highest BCUT2D eigenvalue weighted by molar-refractivity contribution is 9.10. The second-order valence-electron chi connectivity index (χ2n) is 6.62. The molecule has 4 rings (SSSR count). The number of hydrogen-bond donors (Lipinski definition) is 1. The molecule has 0 amide bonds. The van der Waals surface area contributed by atoms with Crippen molar-refractivity contribution in [2.75, 3.05) is 44.8 Å². The van der Waals surface area contributed by atoms with Crippen LogP contribution in [0, 0.1) is 11.3 Å². The van der Waals surface area contributed by atoms with E-state index < -0.39 is 0 Å². The predicted octanol–water partition coefficient (Wildman–Crippen LogP) is 3.72. The number of rotatable bonds is 6. The molecule has 0 radical (unpaired) electrons. The molecule has 0 atom stereocenters.